The van der Waals surface area contributed by atoms with Crippen molar-refractivity contribution >= 4 is 13.6 Å². The van der Waals surface area contributed by atoms with Gasteiger partial charge in [-0.1, -0.05) is 0 Å². The zero-order chi connectivity index (χ0) is 10.2. The molecule has 0 amide bonds. The molecule has 0 fully saturated rings. The first-order valence-electron chi connectivity index (χ1n) is 6.09. The van der Waals surface area contributed by atoms with Crippen LogP contribution in [0.5, 0.6) is 0 Å². The smallest absolute Gasteiger partial charge is 1.00 e. The van der Waals surface area contributed by atoms with Crippen LogP contribution in [-0.4, -0.2) is 13.6 Å². The van der Waals surface area contributed by atoms with E-state index in [4.69, 9.17) is 0 Å². The molecule has 0 heterocycles. The second kappa shape index (κ2) is 10.8. The topological polar surface area (TPSA) is 0 Å². The number of hydrogen-bond donors (Lipinski definition) is 0. The molecule has 0 unspecified atom stereocenters. The molecule has 0 aliphatic rings. The second-order valence-electron chi connectivity index (χ2n) is 4.24. The van der Waals surface area contributed by atoms with Gasteiger partial charge in [0.05, 0.1) is 0 Å². The third-order valence-electron chi connectivity index (χ3n) is 2.79. The molecule has 88 valence electrons. The molecular formula is C12H28AsI. The van der Waals surface area contributed by atoms with Crippen LogP contribution in [0.4, 0.5) is 0 Å². The van der Waals surface area contributed by atoms with Crippen molar-refractivity contribution in [2.45, 2.75) is 74.2 Å². The fourth-order valence-corrected chi connectivity index (χ4v) is 13.3. The van der Waals surface area contributed by atoms with E-state index in [1.807, 2.05) is 0 Å². The predicted octanol–water partition coefficient (Wildman–Crippen LogP) is 2.08. The van der Waals surface area contributed by atoms with Crippen molar-refractivity contribution in [1.82, 2.24) is 0 Å². The van der Waals surface area contributed by atoms with Crippen LogP contribution in [0.1, 0.15) is 53.4 Å². The van der Waals surface area contributed by atoms with Crippen LogP contribution in [0.3, 0.4) is 0 Å². The third kappa shape index (κ3) is 6.71. The van der Waals surface area contributed by atoms with Gasteiger partial charge in [0.1, 0.15) is 0 Å². The normalized spacial score (nSPS) is 11.1. The van der Waals surface area contributed by atoms with Gasteiger partial charge in [-0.2, -0.15) is 0 Å². The molecule has 0 aromatic heterocycles. The van der Waals surface area contributed by atoms with Crippen LogP contribution in [0.25, 0.3) is 0 Å². The van der Waals surface area contributed by atoms with Gasteiger partial charge in [-0.3, -0.25) is 0 Å². The van der Waals surface area contributed by atoms with Crippen molar-refractivity contribution in [2.75, 3.05) is 0 Å². The molecule has 0 N–H and O–H groups in total. The second-order valence-corrected chi connectivity index (χ2v) is 13.6. The van der Waals surface area contributed by atoms with E-state index in [-0.39, 0.29) is 24.0 Å². The van der Waals surface area contributed by atoms with E-state index in [2.05, 4.69) is 27.7 Å². The van der Waals surface area contributed by atoms with Crippen molar-refractivity contribution in [3.63, 3.8) is 0 Å². The summed E-state index contributed by atoms with van der Waals surface area (Å²) in [7, 11) is 0. The molecule has 0 atom stereocenters. The maximum atomic E-state index is 2.37. The Morgan fingerprint density at radius 1 is 0.571 bits per heavy atom. The van der Waals surface area contributed by atoms with E-state index < -0.39 is 13.6 Å². The summed E-state index contributed by atoms with van der Waals surface area (Å²) in [6.07, 6.45) is 5.75. The molecule has 0 saturated heterocycles. The Balaban J connectivity index is 0. The number of rotatable bonds is 8. The largest absolute Gasteiger partial charge is 1.00 e. The van der Waals surface area contributed by atoms with Gasteiger partial charge < -0.3 is 24.0 Å². The van der Waals surface area contributed by atoms with Crippen LogP contribution in [-0.2, 0) is 0 Å². The van der Waals surface area contributed by atoms with E-state index in [0.717, 1.165) is 0 Å². The maximum Gasteiger partial charge on any atom is -1.00 e. The van der Waals surface area contributed by atoms with Gasteiger partial charge in [0.25, 0.3) is 0 Å². The van der Waals surface area contributed by atoms with Crippen LogP contribution < -0.4 is 24.0 Å². The van der Waals surface area contributed by atoms with Crippen molar-refractivity contribution in [3.8, 4) is 0 Å². The zero-order valence-electron chi connectivity index (χ0n) is 10.5. The molecule has 2 heteroatoms. The van der Waals surface area contributed by atoms with Crippen molar-refractivity contribution in [3.05, 3.63) is 0 Å². The van der Waals surface area contributed by atoms with Crippen molar-refractivity contribution in [2.24, 2.45) is 0 Å². The van der Waals surface area contributed by atoms with E-state index in [1.165, 1.54) is 25.7 Å². The van der Waals surface area contributed by atoms with Crippen LogP contribution in [0.2, 0.25) is 20.8 Å². The molecule has 0 aromatic rings. The quantitative estimate of drug-likeness (QED) is 0.451. The number of hydrogen-bond acceptors (Lipinski definition) is 0. The SMILES string of the molecule is CCC[As+](CCC)(CCC)CCC.[I-]. The van der Waals surface area contributed by atoms with E-state index in [0.29, 0.717) is 0 Å². The Hall–Kier alpha value is 1.29. The first-order chi connectivity index (χ1) is 6.24. The molecule has 0 nitrogen and oxygen atoms in total. The Morgan fingerprint density at radius 3 is 0.929 bits per heavy atom. The average Bonchev–Trinajstić information content (AvgIpc) is 2.06. The minimum Gasteiger partial charge on any atom is -1.00 e. The number of halogens is 1. The molecular weight excluding hydrogens is 346 g/mol. The molecule has 0 bridgehead atoms. The Bertz CT molecular complexity index is 85.4. The Morgan fingerprint density at radius 2 is 0.786 bits per heavy atom. The zero-order valence-corrected chi connectivity index (χ0v) is 14.5. The molecule has 0 rings (SSSR count). The van der Waals surface area contributed by atoms with Gasteiger partial charge in [-0.25, -0.2) is 0 Å². The fourth-order valence-electron chi connectivity index (χ4n) is 2.57. The molecule has 0 aromatic carbocycles. The third-order valence-corrected chi connectivity index (χ3v) is 14.5. The molecule has 0 radical (unpaired) electrons. The first kappa shape index (κ1) is 17.7. The van der Waals surface area contributed by atoms with Crippen LogP contribution in [0, 0.1) is 0 Å². The standard InChI is InChI=1S/C12H28As.HI/c1-5-9-13(10-6-2,11-7-3)12-8-4;/h5-12H2,1-4H3;1H/q+1;/p-1. The van der Waals surface area contributed by atoms with Gasteiger partial charge in [0, 0.05) is 0 Å². The van der Waals surface area contributed by atoms with Crippen LogP contribution >= 0.6 is 0 Å². The van der Waals surface area contributed by atoms with Gasteiger partial charge >= 0.3 is 87.8 Å². The first-order valence-corrected chi connectivity index (χ1v) is 11.4. The summed E-state index contributed by atoms with van der Waals surface area (Å²) < 4.78 is 0. The van der Waals surface area contributed by atoms with Gasteiger partial charge in [0.15, 0.2) is 0 Å². The van der Waals surface area contributed by atoms with Crippen LogP contribution in [0.15, 0.2) is 0 Å². The molecule has 0 aliphatic carbocycles. The van der Waals surface area contributed by atoms with Gasteiger partial charge in [-0.15, -0.1) is 0 Å². The summed E-state index contributed by atoms with van der Waals surface area (Å²) in [6.45, 7) is 9.49. The maximum absolute atomic E-state index is 2.37. The monoisotopic (exact) mass is 374 g/mol. The summed E-state index contributed by atoms with van der Waals surface area (Å²) in [5.74, 6) is 0. The Labute approximate surface area is 111 Å². The van der Waals surface area contributed by atoms with E-state index >= 15 is 0 Å². The van der Waals surface area contributed by atoms with E-state index in [1.54, 1.807) is 20.8 Å². The minimum atomic E-state index is -1.15. The minimum absolute atomic E-state index is 0. The molecule has 0 saturated carbocycles. The summed E-state index contributed by atoms with van der Waals surface area (Å²) >= 11 is -1.15. The summed E-state index contributed by atoms with van der Waals surface area (Å²) in [5, 5.41) is 6.48. The van der Waals surface area contributed by atoms with Gasteiger partial charge in [0.2, 0.25) is 0 Å². The fraction of sp³-hybridized carbons (Fsp3) is 1.00. The predicted molar refractivity (Wildman–Crippen MR) is 66.1 cm³/mol. The summed E-state index contributed by atoms with van der Waals surface area (Å²) in [5.41, 5.74) is 0. The molecule has 0 spiro atoms. The summed E-state index contributed by atoms with van der Waals surface area (Å²) in [4.78, 5) is 0. The van der Waals surface area contributed by atoms with Crippen molar-refractivity contribution < 1.29 is 24.0 Å². The molecule has 0 aliphatic heterocycles. The van der Waals surface area contributed by atoms with Crippen molar-refractivity contribution in [1.29, 1.82) is 0 Å². The molecule has 14 heavy (non-hydrogen) atoms. The average molecular weight is 374 g/mol. The summed E-state index contributed by atoms with van der Waals surface area (Å²) in [6, 6.07) is 0. The van der Waals surface area contributed by atoms with Gasteiger partial charge in [-0.05, 0) is 0 Å². The van der Waals surface area contributed by atoms with E-state index in [9.17, 15) is 0 Å². The Kier molecular flexibility index (Phi) is 13.6.